The number of imidazole rings is 1. The Morgan fingerprint density at radius 3 is 2.96 bits per heavy atom. The van der Waals surface area contributed by atoms with Crippen LogP contribution in [0.25, 0.3) is 0 Å². The highest BCUT2D eigenvalue weighted by Crippen LogP contribution is 2.24. The number of fused-ring (bicyclic) bond motifs is 1. The van der Waals surface area contributed by atoms with E-state index in [1.165, 1.54) is 0 Å². The first-order valence-electron chi connectivity index (χ1n) is 7.99. The predicted molar refractivity (Wildman–Crippen MR) is 89.5 cm³/mol. The van der Waals surface area contributed by atoms with Gasteiger partial charge in [-0.15, -0.1) is 0 Å². The normalized spacial score (nSPS) is 14.8. The van der Waals surface area contributed by atoms with Crippen LogP contribution in [0.2, 0.25) is 0 Å². The molecule has 3 aromatic heterocycles. The number of aliphatic hydroxyl groups excluding tert-OH is 1. The molecule has 0 saturated heterocycles. The van der Waals surface area contributed by atoms with Crippen LogP contribution >= 0.6 is 0 Å². The van der Waals surface area contributed by atoms with Crippen LogP contribution < -0.4 is 4.90 Å². The molecule has 0 amide bonds. The number of nitrogens with zero attached hydrogens (tertiary/aromatic N) is 7. The van der Waals surface area contributed by atoms with Crippen LogP contribution in [0.3, 0.4) is 0 Å². The van der Waals surface area contributed by atoms with Gasteiger partial charge in [0.2, 0.25) is 0 Å². The quantitative estimate of drug-likeness (QED) is 0.767. The molecule has 1 N–H and O–H groups in total. The van der Waals surface area contributed by atoms with Crippen LogP contribution in [0.1, 0.15) is 29.0 Å². The van der Waals surface area contributed by atoms with Gasteiger partial charge in [0.25, 0.3) is 0 Å². The van der Waals surface area contributed by atoms with Crippen molar-refractivity contribution >= 4 is 5.82 Å². The van der Waals surface area contributed by atoms with Gasteiger partial charge in [0.15, 0.2) is 6.10 Å². The number of anilines is 1. The highest BCUT2D eigenvalue weighted by molar-refractivity contribution is 5.43. The van der Waals surface area contributed by atoms with Crippen molar-refractivity contribution in [1.29, 1.82) is 5.26 Å². The Bertz CT molecular complexity index is 952. The second-order valence-electron chi connectivity index (χ2n) is 6.00. The summed E-state index contributed by atoms with van der Waals surface area (Å²) in [5.41, 5.74) is 1.99. The van der Waals surface area contributed by atoms with E-state index in [1.54, 1.807) is 23.0 Å². The SMILES string of the molecule is Cn1ccnc1C(O)c1cc2n(n1)CCN(c1cccc(C#N)n1)C2. The van der Waals surface area contributed by atoms with E-state index < -0.39 is 6.10 Å². The van der Waals surface area contributed by atoms with Crippen molar-refractivity contribution in [3.8, 4) is 6.07 Å². The van der Waals surface area contributed by atoms with Crippen LogP contribution in [0.5, 0.6) is 0 Å². The first-order valence-corrected chi connectivity index (χ1v) is 7.99. The predicted octanol–water partition coefficient (Wildman–Crippen LogP) is 0.985. The third-order valence-corrected chi connectivity index (χ3v) is 4.37. The molecule has 8 heteroatoms. The van der Waals surface area contributed by atoms with Crippen LogP contribution in [-0.2, 0) is 20.1 Å². The van der Waals surface area contributed by atoms with E-state index in [4.69, 9.17) is 5.26 Å². The van der Waals surface area contributed by atoms with Crippen LogP contribution in [0.4, 0.5) is 5.82 Å². The molecule has 0 bridgehead atoms. The summed E-state index contributed by atoms with van der Waals surface area (Å²) in [5, 5.41) is 24.1. The molecule has 0 aliphatic carbocycles. The van der Waals surface area contributed by atoms with Crippen LogP contribution in [-0.4, -0.2) is 36.0 Å². The lowest BCUT2D eigenvalue weighted by Crippen LogP contribution is -2.34. The monoisotopic (exact) mass is 335 g/mol. The first-order chi connectivity index (χ1) is 12.2. The lowest BCUT2D eigenvalue weighted by Gasteiger charge is -2.28. The fourth-order valence-corrected chi connectivity index (χ4v) is 3.05. The Morgan fingerprint density at radius 2 is 2.20 bits per heavy atom. The largest absolute Gasteiger partial charge is 0.379 e. The third-order valence-electron chi connectivity index (χ3n) is 4.37. The molecule has 0 radical (unpaired) electrons. The molecular formula is C17H17N7O. The average molecular weight is 335 g/mol. The third kappa shape index (κ3) is 2.75. The summed E-state index contributed by atoms with van der Waals surface area (Å²) in [7, 11) is 1.84. The Balaban J connectivity index is 1.59. The molecular weight excluding hydrogens is 318 g/mol. The molecule has 8 nitrogen and oxygen atoms in total. The van der Waals surface area contributed by atoms with Gasteiger partial charge in [0.1, 0.15) is 23.4 Å². The first kappa shape index (κ1) is 15.4. The minimum Gasteiger partial charge on any atom is -0.379 e. The molecule has 4 rings (SSSR count). The number of aliphatic hydroxyl groups is 1. The zero-order chi connectivity index (χ0) is 17.4. The van der Waals surface area contributed by atoms with Crippen molar-refractivity contribution in [2.75, 3.05) is 11.4 Å². The van der Waals surface area contributed by atoms with Gasteiger partial charge >= 0.3 is 0 Å². The zero-order valence-corrected chi connectivity index (χ0v) is 13.7. The van der Waals surface area contributed by atoms with Gasteiger partial charge in [0, 0.05) is 26.0 Å². The van der Waals surface area contributed by atoms with Gasteiger partial charge in [-0.1, -0.05) is 6.07 Å². The number of nitriles is 1. The van der Waals surface area contributed by atoms with Gasteiger partial charge < -0.3 is 14.6 Å². The smallest absolute Gasteiger partial charge is 0.155 e. The molecule has 4 heterocycles. The molecule has 0 aromatic carbocycles. The second kappa shape index (κ2) is 6.03. The van der Waals surface area contributed by atoms with Crippen molar-refractivity contribution in [2.45, 2.75) is 19.2 Å². The minimum atomic E-state index is -0.855. The second-order valence-corrected chi connectivity index (χ2v) is 6.00. The molecule has 1 aliphatic rings. The summed E-state index contributed by atoms with van der Waals surface area (Å²) in [6, 6.07) is 9.40. The number of pyridine rings is 1. The number of aromatic nitrogens is 5. The molecule has 3 aromatic rings. The van der Waals surface area contributed by atoms with Gasteiger partial charge in [-0.25, -0.2) is 9.97 Å². The van der Waals surface area contributed by atoms with E-state index in [0.717, 1.165) is 18.1 Å². The summed E-state index contributed by atoms with van der Waals surface area (Å²) in [4.78, 5) is 10.7. The van der Waals surface area contributed by atoms with Crippen molar-refractivity contribution in [2.24, 2.45) is 7.05 Å². The van der Waals surface area contributed by atoms with E-state index in [-0.39, 0.29) is 0 Å². The van der Waals surface area contributed by atoms with Gasteiger partial charge in [-0.05, 0) is 18.2 Å². The van der Waals surface area contributed by atoms with Crippen LogP contribution in [0, 0.1) is 11.3 Å². The van der Waals surface area contributed by atoms with Crippen molar-refractivity contribution in [1.82, 2.24) is 24.3 Å². The molecule has 25 heavy (non-hydrogen) atoms. The molecule has 1 atom stereocenters. The van der Waals surface area contributed by atoms with E-state index >= 15 is 0 Å². The summed E-state index contributed by atoms with van der Waals surface area (Å²) in [6.07, 6.45) is 2.60. The van der Waals surface area contributed by atoms with E-state index in [2.05, 4.69) is 26.0 Å². The highest BCUT2D eigenvalue weighted by Gasteiger charge is 2.24. The molecule has 0 saturated carbocycles. The Labute approximate surface area is 144 Å². The van der Waals surface area contributed by atoms with E-state index in [9.17, 15) is 5.11 Å². The maximum Gasteiger partial charge on any atom is 0.155 e. The zero-order valence-electron chi connectivity index (χ0n) is 13.7. The van der Waals surface area contributed by atoms with Gasteiger partial charge in [-0.3, -0.25) is 4.68 Å². The number of aryl methyl sites for hydroxylation is 1. The fraction of sp³-hybridized carbons (Fsp3) is 0.294. The number of rotatable bonds is 3. The van der Waals surface area contributed by atoms with Gasteiger partial charge in [0.05, 0.1) is 24.5 Å². The summed E-state index contributed by atoms with van der Waals surface area (Å²) in [5.74, 6) is 1.34. The minimum absolute atomic E-state index is 0.405. The Kier molecular flexibility index (Phi) is 3.71. The molecule has 1 aliphatic heterocycles. The number of hydrogen-bond donors (Lipinski definition) is 1. The molecule has 1 unspecified atom stereocenters. The standard InChI is InChI=1S/C17H17N7O/c1-22-6-5-19-17(22)16(25)14-9-13-11-23(7-8-24(13)21-14)15-4-2-3-12(10-18)20-15/h2-6,9,16,25H,7-8,11H2,1H3. The fourth-order valence-electron chi connectivity index (χ4n) is 3.05. The van der Waals surface area contributed by atoms with Gasteiger partial charge in [-0.2, -0.15) is 10.4 Å². The van der Waals surface area contributed by atoms with E-state index in [0.29, 0.717) is 30.3 Å². The summed E-state index contributed by atoms with van der Waals surface area (Å²) < 4.78 is 3.69. The van der Waals surface area contributed by atoms with Crippen molar-refractivity contribution < 1.29 is 5.11 Å². The van der Waals surface area contributed by atoms with E-state index in [1.807, 2.05) is 29.9 Å². The lowest BCUT2D eigenvalue weighted by atomic mass is 10.2. The van der Waals surface area contributed by atoms with Crippen molar-refractivity contribution in [3.63, 3.8) is 0 Å². The molecule has 126 valence electrons. The summed E-state index contributed by atoms with van der Waals surface area (Å²) >= 11 is 0. The summed E-state index contributed by atoms with van der Waals surface area (Å²) in [6.45, 7) is 2.07. The molecule has 0 fully saturated rings. The molecule has 0 spiro atoms. The van der Waals surface area contributed by atoms with Crippen molar-refractivity contribution in [3.05, 3.63) is 59.6 Å². The lowest BCUT2D eigenvalue weighted by molar-refractivity contribution is 0.200. The van der Waals surface area contributed by atoms with Crippen LogP contribution in [0.15, 0.2) is 36.7 Å². The highest BCUT2D eigenvalue weighted by atomic mass is 16.3. The topological polar surface area (TPSA) is 95.8 Å². The number of hydrogen-bond acceptors (Lipinski definition) is 6. The maximum atomic E-state index is 10.5. The maximum absolute atomic E-state index is 10.5. The average Bonchev–Trinajstić information content (AvgIpc) is 3.26. The Morgan fingerprint density at radius 1 is 1.32 bits per heavy atom. The Hall–Kier alpha value is -3.18.